The standard InChI is InChI=1S/C17H20BrClN2/c1-21(16-6-3-2-4-7-16)11-5-10-20-13-14-8-9-15(18)12-17(14)19/h2-4,6-9,12,20H,5,10-11,13H2,1H3. The largest absolute Gasteiger partial charge is 0.375 e. The molecule has 21 heavy (non-hydrogen) atoms. The van der Waals surface area contributed by atoms with Crippen molar-refractivity contribution in [3.05, 3.63) is 63.6 Å². The summed E-state index contributed by atoms with van der Waals surface area (Å²) in [7, 11) is 2.13. The van der Waals surface area contributed by atoms with Crippen LogP contribution in [0.2, 0.25) is 5.02 Å². The van der Waals surface area contributed by atoms with Gasteiger partial charge in [-0.25, -0.2) is 0 Å². The third-order valence-electron chi connectivity index (χ3n) is 3.37. The highest BCUT2D eigenvalue weighted by atomic mass is 79.9. The molecular formula is C17H20BrClN2. The molecule has 0 bridgehead atoms. The SMILES string of the molecule is CN(CCCNCc1ccc(Br)cc1Cl)c1ccccc1. The summed E-state index contributed by atoms with van der Waals surface area (Å²) in [4.78, 5) is 2.27. The second-order valence-electron chi connectivity index (χ2n) is 5.02. The van der Waals surface area contributed by atoms with Crippen LogP contribution in [0.15, 0.2) is 53.0 Å². The van der Waals surface area contributed by atoms with Crippen molar-refractivity contribution in [3.8, 4) is 0 Å². The van der Waals surface area contributed by atoms with Gasteiger partial charge in [-0.3, -0.25) is 0 Å². The quantitative estimate of drug-likeness (QED) is 0.712. The number of nitrogens with one attached hydrogen (secondary N) is 1. The van der Waals surface area contributed by atoms with Crippen LogP contribution in [0.4, 0.5) is 5.69 Å². The number of rotatable bonds is 7. The Hall–Kier alpha value is -1.03. The highest BCUT2D eigenvalue weighted by Gasteiger charge is 2.02. The third-order valence-corrected chi connectivity index (χ3v) is 4.22. The molecule has 0 saturated carbocycles. The Morgan fingerprint density at radius 3 is 2.62 bits per heavy atom. The van der Waals surface area contributed by atoms with Gasteiger partial charge in [0.15, 0.2) is 0 Å². The van der Waals surface area contributed by atoms with E-state index < -0.39 is 0 Å². The van der Waals surface area contributed by atoms with E-state index in [9.17, 15) is 0 Å². The molecule has 0 aliphatic heterocycles. The van der Waals surface area contributed by atoms with E-state index in [1.165, 1.54) is 5.69 Å². The molecule has 0 fully saturated rings. The Kier molecular flexibility index (Phi) is 6.55. The lowest BCUT2D eigenvalue weighted by atomic mass is 10.2. The van der Waals surface area contributed by atoms with Crippen molar-refractivity contribution >= 4 is 33.2 Å². The van der Waals surface area contributed by atoms with Crippen LogP contribution in [0, 0.1) is 0 Å². The van der Waals surface area contributed by atoms with Crippen molar-refractivity contribution in [1.82, 2.24) is 5.32 Å². The summed E-state index contributed by atoms with van der Waals surface area (Å²) < 4.78 is 1.01. The first-order valence-electron chi connectivity index (χ1n) is 7.07. The van der Waals surface area contributed by atoms with Crippen molar-refractivity contribution in [2.24, 2.45) is 0 Å². The normalized spacial score (nSPS) is 10.6. The van der Waals surface area contributed by atoms with Crippen molar-refractivity contribution in [2.45, 2.75) is 13.0 Å². The Morgan fingerprint density at radius 2 is 1.90 bits per heavy atom. The van der Waals surface area contributed by atoms with Gasteiger partial charge in [0, 0.05) is 35.3 Å². The van der Waals surface area contributed by atoms with Crippen molar-refractivity contribution < 1.29 is 0 Å². The van der Waals surface area contributed by atoms with Gasteiger partial charge in [0.05, 0.1) is 0 Å². The molecule has 0 aliphatic carbocycles. The van der Waals surface area contributed by atoms with Crippen LogP contribution >= 0.6 is 27.5 Å². The van der Waals surface area contributed by atoms with E-state index in [1.54, 1.807) is 0 Å². The predicted octanol–water partition coefficient (Wildman–Crippen LogP) is 4.72. The topological polar surface area (TPSA) is 15.3 Å². The molecule has 2 rings (SSSR count). The fraction of sp³-hybridized carbons (Fsp3) is 0.294. The van der Waals surface area contributed by atoms with Gasteiger partial charge in [-0.2, -0.15) is 0 Å². The van der Waals surface area contributed by atoms with E-state index >= 15 is 0 Å². The maximum atomic E-state index is 6.19. The molecule has 2 aromatic rings. The number of halogens is 2. The molecule has 2 aromatic carbocycles. The van der Waals surface area contributed by atoms with Gasteiger partial charge in [-0.15, -0.1) is 0 Å². The smallest absolute Gasteiger partial charge is 0.0462 e. The summed E-state index contributed by atoms with van der Waals surface area (Å²) in [6, 6.07) is 16.5. The lowest BCUT2D eigenvalue weighted by molar-refractivity contribution is 0.646. The first kappa shape index (κ1) is 16.3. The van der Waals surface area contributed by atoms with Gasteiger partial charge in [0.1, 0.15) is 0 Å². The van der Waals surface area contributed by atoms with E-state index in [-0.39, 0.29) is 0 Å². The predicted molar refractivity (Wildman–Crippen MR) is 95.2 cm³/mol. The summed E-state index contributed by atoms with van der Waals surface area (Å²) in [5.74, 6) is 0. The zero-order valence-corrected chi connectivity index (χ0v) is 14.5. The van der Waals surface area contributed by atoms with E-state index in [4.69, 9.17) is 11.6 Å². The second kappa shape index (κ2) is 8.42. The number of hydrogen-bond donors (Lipinski definition) is 1. The number of para-hydroxylation sites is 1. The molecule has 112 valence electrons. The Morgan fingerprint density at radius 1 is 1.14 bits per heavy atom. The number of nitrogens with zero attached hydrogens (tertiary/aromatic N) is 1. The molecule has 0 amide bonds. The highest BCUT2D eigenvalue weighted by molar-refractivity contribution is 9.10. The fourth-order valence-corrected chi connectivity index (χ4v) is 2.88. The first-order valence-corrected chi connectivity index (χ1v) is 8.25. The van der Waals surface area contributed by atoms with Gasteiger partial charge in [-0.05, 0) is 42.8 Å². The van der Waals surface area contributed by atoms with Gasteiger partial charge < -0.3 is 10.2 Å². The summed E-state index contributed by atoms with van der Waals surface area (Å²) in [5, 5.41) is 4.25. The molecule has 0 aliphatic rings. The average molecular weight is 368 g/mol. The van der Waals surface area contributed by atoms with E-state index in [1.807, 2.05) is 18.2 Å². The van der Waals surface area contributed by atoms with Crippen LogP contribution in [0.5, 0.6) is 0 Å². The Bertz CT molecular complexity index is 560. The van der Waals surface area contributed by atoms with Crippen LogP contribution in [-0.2, 0) is 6.54 Å². The molecule has 0 atom stereocenters. The van der Waals surface area contributed by atoms with E-state index in [0.29, 0.717) is 0 Å². The van der Waals surface area contributed by atoms with Crippen LogP contribution in [0.1, 0.15) is 12.0 Å². The lowest BCUT2D eigenvalue weighted by Gasteiger charge is -2.19. The molecular weight excluding hydrogens is 348 g/mol. The zero-order chi connectivity index (χ0) is 15.1. The fourth-order valence-electron chi connectivity index (χ4n) is 2.14. The maximum absolute atomic E-state index is 6.19. The zero-order valence-electron chi connectivity index (χ0n) is 12.2. The van der Waals surface area contributed by atoms with Gasteiger partial charge in [0.25, 0.3) is 0 Å². The minimum Gasteiger partial charge on any atom is -0.375 e. The van der Waals surface area contributed by atoms with Crippen molar-refractivity contribution in [2.75, 3.05) is 25.0 Å². The number of anilines is 1. The number of hydrogen-bond acceptors (Lipinski definition) is 2. The minimum absolute atomic E-state index is 0.804. The van der Waals surface area contributed by atoms with Crippen LogP contribution in [0.25, 0.3) is 0 Å². The Labute approximate surface area is 140 Å². The summed E-state index contributed by atoms with van der Waals surface area (Å²) in [6.45, 7) is 2.82. The van der Waals surface area contributed by atoms with Crippen molar-refractivity contribution in [1.29, 1.82) is 0 Å². The van der Waals surface area contributed by atoms with Crippen molar-refractivity contribution in [3.63, 3.8) is 0 Å². The third kappa shape index (κ3) is 5.34. The molecule has 0 aromatic heterocycles. The van der Waals surface area contributed by atoms with E-state index in [2.05, 4.69) is 63.5 Å². The average Bonchev–Trinajstić information content (AvgIpc) is 2.49. The minimum atomic E-state index is 0.804. The molecule has 0 heterocycles. The Balaban J connectivity index is 1.68. The van der Waals surface area contributed by atoms with Crippen LogP contribution in [0.3, 0.4) is 0 Å². The summed E-state index contributed by atoms with van der Waals surface area (Å²) in [5.41, 5.74) is 2.39. The van der Waals surface area contributed by atoms with Crippen LogP contribution < -0.4 is 10.2 Å². The second-order valence-corrected chi connectivity index (χ2v) is 6.35. The van der Waals surface area contributed by atoms with Gasteiger partial charge in [0.2, 0.25) is 0 Å². The van der Waals surface area contributed by atoms with Gasteiger partial charge >= 0.3 is 0 Å². The van der Waals surface area contributed by atoms with E-state index in [0.717, 1.165) is 41.1 Å². The molecule has 0 unspecified atom stereocenters. The first-order chi connectivity index (χ1) is 10.2. The maximum Gasteiger partial charge on any atom is 0.0462 e. The molecule has 1 N–H and O–H groups in total. The molecule has 0 spiro atoms. The van der Waals surface area contributed by atoms with Gasteiger partial charge in [-0.1, -0.05) is 51.8 Å². The number of benzene rings is 2. The molecule has 0 radical (unpaired) electrons. The molecule has 4 heteroatoms. The molecule has 0 saturated heterocycles. The summed E-state index contributed by atoms with van der Waals surface area (Å²) >= 11 is 9.61. The lowest BCUT2D eigenvalue weighted by Crippen LogP contribution is -2.23. The molecule has 2 nitrogen and oxygen atoms in total. The monoisotopic (exact) mass is 366 g/mol. The summed E-state index contributed by atoms with van der Waals surface area (Å²) in [6.07, 6.45) is 1.10. The highest BCUT2D eigenvalue weighted by Crippen LogP contribution is 2.21. The van der Waals surface area contributed by atoms with Crippen LogP contribution in [-0.4, -0.2) is 20.1 Å².